The van der Waals surface area contributed by atoms with Gasteiger partial charge in [0.25, 0.3) is 0 Å². The van der Waals surface area contributed by atoms with Gasteiger partial charge in [-0.1, -0.05) is 30.2 Å². The molecule has 1 aromatic carbocycles. The third-order valence-electron chi connectivity index (χ3n) is 3.40. The van der Waals surface area contributed by atoms with Crippen molar-refractivity contribution in [2.75, 3.05) is 6.54 Å². The number of benzene rings is 1. The van der Waals surface area contributed by atoms with Crippen LogP contribution in [0.15, 0.2) is 24.3 Å². The maximum Gasteiger partial charge on any atom is 0.102 e. The first-order valence-corrected chi connectivity index (χ1v) is 6.20. The molecule has 1 aromatic rings. The van der Waals surface area contributed by atoms with Gasteiger partial charge >= 0.3 is 0 Å². The summed E-state index contributed by atoms with van der Waals surface area (Å²) in [6.07, 6.45) is 3.38. The predicted molar refractivity (Wildman–Crippen MR) is 66.7 cm³/mol. The zero-order valence-corrected chi connectivity index (χ0v) is 10.3. The molecule has 0 aromatic heterocycles. The minimum Gasteiger partial charge on any atom is -0.384 e. The van der Waals surface area contributed by atoms with Crippen LogP contribution in [-0.4, -0.2) is 17.7 Å². The summed E-state index contributed by atoms with van der Waals surface area (Å²) in [4.78, 5) is 0. The second-order valence-electron chi connectivity index (χ2n) is 4.66. The average molecular weight is 240 g/mol. The van der Waals surface area contributed by atoms with Gasteiger partial charge < -0.3 is 10.4 Å². The molecule has 1 aliphatic heterocycles. The highest BCUT2D eigenvalue weighted by Gasteiger charge is 2.34. The van der Waals surface area contributed by atoms with Gasteiger partial charge in [-0.25, -0.2) is 0 Å². The van der Waals surface area contributed by atoms with Gasteiger partial charge in [0.15, 0.2) is 0 Å². The van der Waals surface area contributed by atoms with Crippen molar-refractivity contribution in [3.63, 3.8) is 0 Å². The number of nitrogens with one attached hydrogen (secondary N) is 1. The smallest absolute Gasteiger partial charge is 0.102 e. The SMILES string of the molecule is CC(O)(c1cccc(Cl)c1)C1CCCCN1. The Morgan fingerprint density at radius 2 is 2.25 bits per heavy atom. The van der Waals surface area contributed by atoms with Crippen LogP contribution in [-0.2, 0) is 5.60 Å². The quantitative estimate of drug-likeness (QED) is 0.832. The fraction of sp³-hybridized carbons (Fsp3) is 0.538. The molecule has 16 heavy (non-hydrogen) atoms. The van der Waals surface area contributed by atoms with Gasteiger partial charge in [0.2, 0.25) is 0 Å². The van der Waals surface area contributed by atoms with E-state index in [0.717, 1.165) is 18.5 Å². The lowest BCUT2D eigenvalue weighted by Crippen LogP contribution is -2.49. The predicted octanol–water partition coefficient (Wildman–Crippen LogP) is 2.69. The monoisotopic (exact) mass is 239 g/mol. The van der Waals surface area contributed by atoms with Gasteiger partial charge in [0.05, 0.1) is 0 Å². The number of rotatable bonds is 2. The molecule has 0 saturated carbocycles. The van der Waals surface area contributed by atoms with Gasteiger partial charge in [0.1, 0.15) is 5.60 Å². The van der Waals surface area contributed by atoms with Crippen molar-refractivity contribution in [1.29, 1.82) is 0 Å². The number of piperidine rings is 1. The van der Waals surface area contributed by atoms with Crippen molar-refractivity contribution in [3.05, 3.63) is 34.9 Å². The molecule has 1 heterocycles. The molecular weight excluding hydrogens is 222 g/mol. The van der Waals surface area contributed by atoms with Crippen LogP contribution >= 0.6 is 11.6 Å². The van der Waals surface area contributed by atoms with Crippen molar-refractivity contribution in [3.8, 4) is 0 Å². The van der Waals surface area contributed by atoms with Crippen LogP contribution in [0.3, 0.4) is 0 Å². The van der Waals surface area contributed by atoms with E-state index in [4.69, 9.17) is 11.6 Å². The molecule has 2 rings (SSSR count). The van der Waals surface area contributed by atoms with Crippen molar-refractivity contribution in [2.24, 2.45) is 0 Å². The highest BCUT2D eigenvalue weighted by molar-refractivity contribution is 6.30. The first-order chi connectivity index (χ1) is 7.60. The topological polar surface area (TPSA) is 32.3 Å². The summed E-state index contributed by atoms with van der Waals surface area (Å²) in [6, 6.07) is 7.62. The molecular formula is C13H18ClNO. The van der Waals surface area contributed by atoms with Crippen LogP contribution in [0.2, 0.25) is 5.02 Å². The summed E-state index contributed by atoms with van der Waals surface area (Å²) in [5.74, 6) is 0. The van der Waals surface area contributed by atoms with Crippen LogP contribution in [0.5, 0.6) is 0 Å². The maximum absolute atomic E-state index is 10.6. The van der Waals surface area contributed by atoms with E-state index in [-0.39, 0.29) is 6.04 Å². The highest BCUT2D eigenvalue weighted by atomic mass is 35.5. The molecule has 1 aliphatic rings. The van der Waals surface area contributed by atoms with Crippen LogP contribution in [0.1, 0.15) is 31.7 Å². The Hall–Kier alpha value is -0.570. The minimum absolute atomic E-state index is 0.125. The fourth-order valence-corrected chi connectivity index (χ4v) is 2.53. The van der Waals surface area contributed by atoms with E-state index in [1.165, 1.54) is 12.8 Å². The Bertz CT molecular complexity index is 359. The van der Waals surface area contributed by atoms with Crippen molar-refractivity contribution in [2.45, 2.75) is 37.8 Å². The van der Waals surface area contributed by atoms with Crippen LogP contribution in [0.4, 0.5) is 0 Å². The first kappa shape index (κ1) is 11.9. The van der Waals surface area contributed by atoms with E-state index in [9.17, 15) is 5.11 Å². The zero-order chi connectivity index (χ0) is 11.6. The Kier molecular flexibility index (Phi) is 3.53. The summed E-state index contributed by atoms with van der Waals surface area (Å²) in [6.45, 7) is 2.85. The van der Waals surface area contributed by atoms with Gasteiger partial charge in [0, 0.05) is 11.1 Å². The molecule has 88 valence electrons. The van der Waals surface area contributed by atoms with Gasteiger partial charge in [-0.05, 0) is 44.0 Å². The minimum atomic E-state index is -0.842. The summed E-state index contributed by atoms with van der Waals surface area (Å²) >= 11 is 5.96. The average Bonchev–Trinajstić information content (AvgIpc) is 2.30. The van der Waals surface area contributed by atoms with Gasteiger partial charge in [-0.2, -0.15) is 0 Å². The lowest BCUT2D eigenvalue weighted by molar-refractivity contribution is 0.00568. The molecule has 3 heteroatoms. The zero-order valence-electron chi connectivity index (χ0n) is 9.54. The fourth-order valence-electron chi connectivity index (χ4n) is 2.34. The van der Waals surface area contributed by atoms with Crippen molar-refractivity contribution >= 4 is 11.6 Å². The Morgan fingerprint density at radius 3 is 2.88 bits per heavy atom. The summed E-state index contributed by atoms with van der Waals surface area (Å²) in [5, 5.41) is 14.7. The molecule has 2 nitrogen and oxygen atoms in total. The van der Waals surface area contributed by atoms with Crippen molar-refractivity contribution < 1.29 is 5.11 Å². The van der Waals surface area contributed by atoms with Crippen molar-refractivity contribution in [1.82, 2.24) is 5.32 Å². The van der Waals surface area contributed by atoms with Gasteiger partial charge in [-0.15, -0.1) is 0 Å². The molecule has 0 bridgehead atoms. The number of hydrogen-bond acceptors (Lipinski definition) is 2. The van der Waals surface area contributed by atoms with E-state index in [1.54, 1.807) is 0 Å². The normalized spacial score (nSPS) is 25.1. The first-order valence-electron chi connectivity index (χ1n) is 5.82. The number of hydrogen-bond donors (Lipinski definition) is 2. The van der Waals surface area contributed by atoms with E-state index >= 15 is 0 Å². The molecule has 0 radical (unpaired) electrons. The molecule has 0 aliphatic carbocycles. The largest absolute Gasteiger partial charge is 0.384 e. The van der Waals surface area contributed by atoms with Gasteiger partial charge in [-0.3, -0.25) is 0 Å². The van der Waals surface area contributed by atoms with Crippen LogP contribution in [0, 0.1) is 0 Å². The van der Waals surface area contributed by atoms with E-state index in [0.29, 0.717) is 5.02 Å². The Balaban J connectivity index is 2.22. The molecule has 2 N–H and O–H groups in total. The summed E-state index contributed by atoms with van der Waals surface area (Å²) < 4.78 is 0. The second kappa shape index (κ2) is 4.74. The number of aliphatic hydroxyl groups is 1. The third kappa shape index (κ3) is 2.40. The summed E-state index contributed by atoms with van der Waals surface area (Å²) in [7, 11) is 0. The van der Waals surface area contributed by atoms with Crippen LogP contribution < -0.4 is 5.32 Å². The Morgan fingerprint density at radius 1 is 1.44 bits per heavy atom. The summed E-state index contributed by atoms with van der Waals surface area (Å²) in [5.41, 5.74) is 0.0464. The standard InChI is InChI=1S/C13H18ClNO/c1-13(16,12-7-2-3-8-15-12)10-5-4-6-11(14)9-10/h4-6,9,12,15-16H,2-3,7-8H2,1H3. The molecule has 2 atom stereocenters. The van der Waals surface area contributed by atoms with E-state index in [1.807, 2.05) is 31.2 Å². The number of halogens is 1. The Labute approximate surface area is 102 Å². The molecule has 2 unspecified atom stereocenters. The van der Waals surface area contributed by atoms with Crippen LogP contribution in [0.25, 0.3) is 0 Å². The second-order valence-corrected chi connectivity index (χ2v) is 5.10. The molecule has 0 spiro atoms. The van der Waals surface area contributed by atoms with E-state index in [2.05, 4.69) is 5.32 Å². The highest BCUT2D eigenvalue weighted by Crippen LogP contribution is 2.30. The molecule has 0 amide bonds. The molecule has 1 fully saturated rings. The van der Waals surface area contributed by atoms with E-state index < -0.39 is 5.60 Å². The molecule has 1 saturated heterocycles. The lowest BCUT2D eigenvalue weighted by atomic mass is 9.84. The third-order valence-corrected chi connectivity index (χ3v) is 3.63. The maximum atomic E-state index is 10.6. The lowest BCUT2D eigenvalue weighted by Gasteiger charge is -2.36.